The number of benzene rings is 3. The number of phosphoric ester groups is 1. The van der Waals surface area contributed by atoms with Crippen molar-refractivity contribution in [1.29, 1.82) is 0 Å². The lowest BCUT2D eigenvalue weighted by Crippen LogP contribution is -2.03. The largest absolute Gasteiger partial charge is 0.530 e. The van der Waals surface area contributed by atoms with Crippen LogP contribution in [0.15, 0.2) is 107 Å². The van der Waals surface area contributed by atoms with Crippen molar-refractivity contribution in [2.24, 2.45) is 10.2 Å². The monoisotopic (exact) mass is 489 g/mol. The third-order valence-corrected chi connectivity index (χ3v) is 6.04. The van der Waals surface area contributed by atoms with Gasteiger partial charge in [-0.15, -0.1) is 10.2 Å². The normalized spacial score (nSPS) is 11.5. The van der Waals surface area contributed by atoms with E-state index in [4.69, 9.17) is 25.0 Å². The molecule has 0 bridgehead atoms. The predicted molar refractivity (Wildman–Crippen MR) is 134 cm³/mol. The third kappa shape index (κ3) is 6.97. The molecule has 0 aliphatic heterocycles. The molecule has 0 amide bonds. The number of pyridine rings is 1. The minimum absolute atomic E-state index is 0.0320. The van der Waals surface area contributed by atoms with Crippen LogP contribution in [-0.4, -0.2) is 4.98 Å². The molecule has 4 rings (SSSR count). The maximum atomic E-state index is 13.7. The van der Waals surface area contributed by atoms with Crippen molar-refractivity contribution < 1.29 is 18.1 Å². The van der Waals surface area contributed by atoms with Crippen molar-refractivity contribution in [3.8, 4) is 5.75 Å². The Hall–Kier alpha value is -4.04. The quantitative estimate of drug-likeness (QED) is 0.190. The first-order valence-corrected chi connectivity index (χ1v) is 12.2. The number of para-hydroxylation sites is 1. The second kappa shape index (κ2) is 11.4. The number of rotatable bonds is 10. The Kier molecular flexibility index (Phi) is 7.84. The molecule has 0 saturated carbocycles. The zero-order chi connectivity index (χ0) is 24.5. The molecule has 9 nitrogen and oxygen atoms in total. The lowest BCUT2D eigenvalue weighted by atomic mass is 10.2. The molecular formula is C25H24N5O4P. The molecule has 0 aliphatic carbocycles. The van der Waals surface area contributed by atoms with Gasteiger partial charge in [0.05, 0.1) is 13.2 Å². The van der Waals surface area contributed by atoms with Crippen LogP contribution in [0.5, 0.6) is 5.75 Å². The standard InChI is InChI=1S/C25H24N5O4P/c26-24-16-15-22(25(27)28-24)30-29-21-13-7-8-14-23(21)34-35(31,32-17-19-9-3-1-4-10-19)33-18-20-11-5-2-6-12-20/h1-16H,17-18H2,(H4,26,27,28)/b30-29+. The zero-order valence-electron chi connectivity index (χ0n) is 18.7. The van der Waals surface area contributed by atoms with E-state index in [-0.39, 0.29) is 30.6 Å². The van der Waals surface area contributed by atoms with E-state index in [0.29, 0.717) is 11.4 Å². The highest BCUT2D eigenvalue weighted by Gasteiger charge is 2.30. The summed E-state index contributed by atoms with van der Waals surface area (Å²) < 4.78 is 30.8. The second-order valence-electron chi connectivity index (χ2n) is 7.36. The van der Waals surface area contributed by atoms with Crippen molar-refractivity contribution in [3.05, 3.63) is 108 Å². The van der Waals surface area contributed by atoms with Crippen LogP contribution in [0, 0.1) is 0 Å². The third-order valence-electron chi connectivity index (χ3n) is 4.73. The summed E-state index contributed by atoms with van der Waals surface area (Å²) in [6.07, 6.45) is 0. The number of nitrogen functional groups attached to an aromatic ring is 2. The minimum Gasteiger partial charge on any atom is -0.402 e. The fourth-order valence-corrected chi connectivity index (χ4v) is 4.15. The Balaban J connectivity index is 1.57. The summed E-state index contributed by atoms with van der Waals surface area (Å²) in [6.45, 7) is 0.0640. The number of nitrogens with two attached hydrogens (primary N) is 2. The summed E-state index contributed by atoms with van der Waals surface area (Å²) in [6, 6.07) is 28.5. The van der Waals surface area contributed by atoms with Crippen molar-refractivity contribution in [2.45, 2.75) is 13.2 Å². The van der Waals surface area contributed by atoms with Crippen LogP contribution < -0.4 is 16.0 Å². The van der Waals surface area contributed by atoms with E-state index in [1.807, 2.05) is 60.7 Å². The van der Waals surface area contributed by atoms with E-state index in [0.717, 1.165) is 11.1 Å². The molecule has 35 heavy (non-hydrogen) atoms. The van der Waals surface area contributed by atoms with Gasteiger partial charge in [0.15, 0.2) is 11.6 Å². The molecule has 4 aromatic rings. The summed E-state index contributed by atoms with van der Waals surface area (Å²) in [5, 5.41) is 8.32. The molecule has 1 aromatic heterocycles. The zero-order valence-corrected chi connectivity index (χ0v) is 19.6. The van der Waals surface area contributed by atoms with Crippen molar-refractivity contribution in [1.82, 2.24) is 4.98 Å². The molecule has 10 heteroatoms. The average Bonchev–Trinajstić information content (AvgIpc) is 2.88. The average molecular weight is 489 g/mol. The van der Waals surface area contributed by atoms with E-state index < -0.39 is 7.82 Å². The topological polar surface area (TPSA) is 134 Å². The molecule has 0 radical (unpaired) electrons. The SMILES string of the molecule is Nc1ccc(/N=N/c2ccccc2OP(=O)(OCc2ccccc2)OCc2ccccc2)c(N)n1. The highest BCUT2D eigenvalue weighted by Crippen LogP contribution is 2.52. The number of hydrogen-bond acceptors (Lipinski definition) is 9. The Bertz CT molecular complexity index is 1290. The highest BCUT2D eigenvalue weighted by atomic mass is 31.2. The number of nitrogens with zero attached hydrogens (tertiary/aromatic N) is 3. The predicted octanol–water partition coefficient (Wildman–Crippen LogP) is 6.58. The number of aromatic nitrogens is 1. The number of hydrogen-bond donors (Lipinski definition) is 2. The fourth-order valence-electron chi connectivity index (χ4n) is 2.96. The molecule has 0 fully saturated rings. The van der Waals surface area contributed by atoms with E-state index in [9.17, 15) is 4.57 Å². The Labute approximate surface area is 203 Å². The first kappa shape index (κ1) is 24.1. The van der Waals surface area contributed by atoms with Crippen molar-refractivity contribution in [2.75, 3.05) is 11.5 Å². The summed E-state index contributed by atoms with van der Waals surface area (Å²) >= 11 is 0. The van der Waals surface area contributed by atoms with Crippen LogP contribution >= 0.6 is 7.82 Å². The van der Waals surface area contributed by atoms with E-state index in [2.05, 4.69) is 15.2 Å². The van der Waals surface area contributed by atoms with Gasteiger partial charge in [-0.3, -0.25) is 9.05 Å². The fraction of sp³-hybridized carbons (Fsp3) is 0.0800. The van der Waals surface area contributed by atoms with Gasteiger partial charge in [-0.2, -0.15) is 0 Å². The first-order chi connectivity index (χ1) is 17.0. The second-order valence-corrected chi connectivity index (χ2v) is 8.96. The summed E-state index contributed by atoms with van der Waals surface area (Å²) in [7, 11) is -4.07. The van der Waals surface area contributed by atoms with Gasteiger partial charge >= 0.3 is 7.82 Å². The molecule has 3 aromatic carbocycles. The van der Waals surface area contributed by atoms with Gasteiger partial charge < -0.3 is 16.0 Å². The molecule has 178 valence electrons. The molecule has 0 unspecified atom stereocenters. The molecule has 1 heterocycles. The summed E-state index contributed by atoms with van der Waals surface area (Å²) in [4.78, 5) is 3.96. The maximum absolute atomic E-state index is 13.7. The Morgan fingerprint density at radius 3 is 1.83 bits per heavy atom. The van der Waals surface area contributed by atoms with Crippen LogP contribution in [0.2, 0.25) is 0 Å². The van der Waals surface area contributed by atoms with Crippen LogP contribution in [0.4, 0.5) is 23.0 Å². The Morgan fingerprint density at radius 2 is 1.23 bits per heavy atom. The van der Waals surface area contributed by atoms with Crippen molar-refractivity contribution in [3.63, 3.8) is 0 Å². The summed E-state index contributed by atoms with van der Waals surface area (Å²) in [5.41, 5.74) is 13.8. The van der Waals surface area contributed by atoms with Gasteiger partial charge in [0.2, 0.25) is 0 Å². The van der Waals surface area contributed by atoms with Crippen LogP contribution in [-0.2, 0) is 26.8 Å². The van der Waals surface area contributed by atoms with Gasteiger partial charge in [-0.1, -0.05) is 72.8 Å². The van der Waals surface area contributed by atoms with Crippen LogP contribution in [0.25, 0.3) is 0 Å². The van der Waals surface area contributed by atoms with E-state index >= 15 is 0 Å². The molecule has 0 aliphatic rings. The number of anilines is 2. The molecule has 4 N–H and O–H groups in total. The Morgan fingerprint density at radius 1 is 0.686 bits per heavy atom. The van der Waals surface area contributed by atoms with Crippen LogP contribution in [0.1, 0.15) is 11.1 Å². The van der Waals surface area contributed by atoms with Gasteiger partial charge in [-0.25, -0.2) is 9.55 Å². The van der Waals surface area contributed by atoms with E-state index in [1.165, 1.54) is 0 Å². The maximum Gasteiger partial charge on any atom is 0.530 e. The number of azo groups is 1. The highest BCUT2D eigenvalue weighted by molar-refractivity contribution is 7.48. The van der Waals surface area contributed by atoms with Crippen LogP contribution in [0.3, 0.4) is 0 Å². The van der Waals surface area contributed by atoms with Crippen molar-refractivity contribution >= 4 is 30.8 Å². The summed E-state index contributed by atoms with van der Waals surface area (Å²) in [5.74, 6) is 0.579. The molecule has 0 spiro atoms. The molecule has 0 atom stereocenters. The van der Waals surface area contributed by atoms with Gasteiger partial charge in [0, 0.05) is 0 Å². The van der Waals surface area contributed by atoms with Gasteiger partial charge in [-0.05, 0) is 35.4 Å². The lowest BCUT2D eigenvalue weighted by Gasteiger charge is -2.19. The minimum atomic E-state index is -4.07. The van der Waals surface area contributed by atoms with E-state index in [1.54, 1.807) is 36.4 Å². The number of phosphoric acid groups is 1. The smallest absolute Gasteiger partial charge is 0.402 e. The molecule has 0 saturated heterocycles. The molecular weight excluding hydrogens is 465 g/mol. The lowest BCUT2D eigenvalue weighted by molar-refractivity contribution is 0.143. The van der Waals surface area contributed by atoms with Gasteiger partial charge in [0.1, 0.15) is 17.2 Å². The van der Waals surface area contributed by atoms with Gasteiger partial charge in [0.25, 0.3) is 0 Å². The first-order valence-electron chi connectivity index (χ1n) is 10.7.